The molecule has 6 aromatic heterocycles. The molecular weight excluding hydrogens is 1020 g/mol. The zero-order valence-electron chi connectivity index (χ0n) is 39.8. The quantitative estimate of drug-likeness (QED) is 0.124. The third-order valence-corrected chi connectivity index (χ3v) is 14.8. The highest BCUT2D eigenvalue weighted by Gasteiger charge is 2.38. The average molecular weight is 1060 g/mol. The minimum Gasteiger partial charge on any atom is -0.373 e. The van der Waals surface area contributed by atoms with E-state index in [-0.39, 0.29) is 32.6 Å². The summed E-state index contributed by atoms with van der Waals surface area (Å²) in [6, 6.07) is 63.8. The summed E-state index contributed by atoms with van der Waals surface area (Å²) < 4.78 is 4.33. The van der Waals surface area contributed by atoms with Crippen molar-refractivity contribution < 1.29 is 0 Å². The molecule has 76 heavy (non-hydrogen) atoms. The Kier molecular flexibility index (Phi) is 12.9. The summed E-state index contributed by atoms with van der Waals surface area (Å²) in [5.41, 5.74) is 8.51. The summed E-state index contributed by atoms with van der Waals surface area (Å²) in [5, 5.41) is 27.5. The fraction of sp³-hybridized carbons (Fsp3) is 0. The van der Waals surface area contributed by atoms with E-state index in [9.17, 15) is 10.5 Å². The molecule has 16 heteroatoms. The summed E-state index contributed by atoms with van der Waals surface area (Å²) in [6.07, 6.45) is 6.64. The second kappa shape index (κ2) is 20.4. The van der Waals surface area contributed by atoms with Crippen LogP contribution in [-0.2, 0) is 0 Å². The van der Waals surface area contributed by atoms with E-state index in [2.05, 4.69) is 69.6 Å². The molecule has 10 nitrogen and oxygen atoms in total. The second-order valence-corrected chi connectivity index (χ2v) is 19.4. The number of rotatable bonds is 10. The van der Waals surface area contributed by atoms with E-state index in [1.54, 1.807) is 49.1 Å². The maximum atomic E-state index is 12.1. The lowest BCUT2D eigenvalue weighted by Gasteiger charge is -2.24. The van der Waals surface area contributed by atoms with Gasteiger partial charge in [-0.15, -0.1) is 0 Å². The van der Waals surface area contributed by atoms with Gasteiger partial charge in [0.15, 0.2) is 0 Å². The smallest absolute Gasteiger partial charge is 0.328 e. The SMILES string of the molecule is N#C/C(c1cnc2cc(Cl)c(Cl)cc2n1)=c1\c2c(-c3ccccn3)n(B(c3ccccc3)c3ccccc3)/c(=C(/C#N)c3cnc4cc(Cl)c(Cl)cc4n3)c2c(-c2ccccn2)n1B(c1ccccc1)c1ccccc1. The highest BCUT2D eigenvalue weighted by Crippen LogP contribution is 2.36. The van der Waals surface area contributed by atoms with Gasteiger partial charge in [0.1, 0.15) is 34.7 Å². The predicted octanol–water partition coefficient (Wildman–Crippen LogP) is 9.82. The van der Waals surface area contributed by atoms with Crippen molar-refractivity contribution in [3.8, 4) is 34.9 Å². The molecular formula is C60H34B2Cl4N10. The molecule has 0 amide bonds. The molecule has 0 atom stereocenters. The summed E-state index contributed by atoms with van der Waals surface area (Å²) in [7, 11) is 0. The standard InChI is InChI=1S/C60H34B2Cl4N10/c63-43-29-49-51(31-45(43)65)73-53(35-71-49)41(33-67)57-55-56(59(47-25-13-15-27-69-47)75(57)61(37-17-5-1-6-18-37)38-19-7-2-8-20-38)58(42(34-68)54-36-72-50-30-44(64)46(66)32-52(50)74-54)76(60(55)48-26-14-16-28-70-48)62(39-21-9-3-10-22-39)40-23-11-4-12-24-40/h1-32,35-36H/b57-41-,58-42-. The third kappa shape index (κ3) is 8.54. The van der Waals surface area contributed by atoms with Crippen LogP contribution in [0.3, 0.4) is 0 Å². The van der Waals surface area contributed by atoms with Crippen LogP contribution in [0.25, 0.3) is 66.8 Å². The molecule has 0 aliphatic heterocycles. The fourth-order valence-electron chi connectivity index (χ4n) is 10.2. The van der Waals surface area contributed by atoms with Crippen LogP contribution in [0.15, 0.2) is 207 Å². The lowest BCUT2D eigenvalue weighted by atomic mass is 9.50. The first kappa shape index (κ1) is 48.1. The second-order valence-electron chi connectivity index (χ2n) is 17.8. The fourth-order valence-corrected chi connectivity index (χ4v) is 10.8. The van der Waals surface area contributed by atoms with Crippen LogP contribution in [0, 0.1) is 22.7 Å². The topological polar surface area (TPSA) is 135 Å². The summed E-state index contributed by atoms with van der Waals surface area (Å²) in [4.78, 5) is 30.3. The summed E-state index contributed by atoms with van der Waals surface area (Å²) in [6.45, 7) is -1.27. The Morgan fingerprint density at radius 3 is 1.01 bits per heavy atom. The molecule has 6 aromatic carbocycles. The Balaban J connectivity index is 1.44. The number of nitrogens with zero attached hydrogens (tertiary/aromatic N) is 10. The molecule has 0 N–H and O–H groups in total. The molecule has 0 saturated heterocycles. The van der Waals surface area contributed by atoms with E-state index in [1.165, 1.54) is 0 Å². The van der Waals surface area contributed by atoms with E-state index in [4.69, 9.17) is 76.3 Å². The van der Waals surface area contributed by atoms with Crippen molar-refractivity contribution in [1.82, 2.24) is 38.9 Å². The molecule has 12 rings (SSSR count). The highest BCUT2D eigenvalue weighted by atomic mass is 35.5. The molecule has 358 valence electrons. The molecule has 12 aromatic rings. The van der Waals surface area contributed by atoms with Gasteiger partial charge in [-0.3, -0.25) is 19.9 Å². The number of fused-ring (bicyclic) bond motifs is 3. The lowest BCUT2D eigenvalue weighted by molar-refractivity contribution is 1.10. The number of nitriles is 2. The highest BCUT2D eigenvalue weighted by molar-refractivity contribution is 6.85. The van der Waals surface area contributed by atoms with Gasteiger partial charge in [-0.05, 0) is 48.5 Å². The number of aromatic nitrogens is 8. The average Bonchev–Trinajstić information content (AvgIpc) is 4.19. The Morgan fingerprint density at radius 1 is 0.395 bits per heavy atom. The van der Waals surface area contributed by atoms with Gasteiger partial charge in [0.25, 0.3) is 0 Å². The molecule has 0 aliphatic rings. The van der Waals surface area contributed by atoms with E-state index in [0.717, 1.165) is 21.9 Å². The number of benzene rings is 6. The number of hydrogen-bond acceptors (Lipinski definition) is 8. The van der Waals surface area contributed by atoms with Crippen molar-refractivity contribution in [2.75, 3.05) is 0 Å². The molecule has 0 unspecified atom stereocenters. The predicted molar refractivity (Wildman–Crippen MR) is 308 cm³/mol. The molecule has 0 spiro atoms. The minimum absolute atomic E-state index is 0.164. The first-order valence-electron chi connectivity index (χ1n) is 23.9. The van der Waals surface area contributed by atoms with Crippen LogP contribution in [0.2, 0.25) is 20.1 Å². The van der Waals surface area contributed by atoms with E-state index in [0.29, 0.717) is 76.4 Å². The monoisotopic (exact) mass is 1060 g/mol. The van der Waals surface area contributed by atoms with Crippen LogP contribution >= 0.6 is 46.4 Å². The maximum Gasteiger partial charge on any atom is 0.328 e. The molecule has 0 radical (unpaired) electrons. The minimum atomic E-state index is -0.637. The first-order valence-corrected chi connectivity index (χ1v) is 25.5. The molecule has 0 saturated carbocycles. The van der Waals surface area contributed by atoms with Crippen molar-refractivity contribution in [1.29, 1.82) is 10.5 Å². The Morgan fingerprint density at radius 2 is 0.711 bits per heavy atom. The summed E-state index contributed by atoms with van der Waals surface area (Å²) in [5.74, 6) is 0. The Bertz CT molecular complexity index is 4060. The molecule has 0 bridgehead atoms. The van der Waals surface area contributed by atoms with Crippen LogP contribution in [0.1, 0.15) is 11.4 Å². The van der Waals surface area contributed by atoms with Crippen molar-refractivity contribution in [3.05, 3.63) is 249 Å². The zero-order chi connectivity index (χ0) is 51.9. The van der Waals surface area contributed by atoms with Gasteiger partial charge >= 0.3 is 13.7 Å². The van der Waals surface area contributed by atoms with Crippen molar-refractivity contribution in [2.24, 2.45) is 0 Å². The van der Waals surface area contributed by atoms with Gasteiger partial charge in [-0.1, -0.05) is 202 Å². The van der Waals surface area contributed by atoms with Crippen LogP contribution in [0.5, 0.6) is 0 Å². The molecule has 6 heterocycles. The third-order valence-electron chi connectivity index (χ3n) is 13.3. The van der Waals surface area contributed by atoms with E-state index < -0.39 is 13.7 Å². The van der Waals surface area contributed by atoms with Crippen LogP contribution in [-0.4, -0.2) is 52.6 Å². The normalized spacial score (nSPS) is 12.1. The van der Waals surface area contributed by atoms with Gasteiger partial charge in [0.05, 0.1) is 88.0 Å². The maximum absolute atomic E-state index is 12.1. The van der Waals surface area contributed by atoms with Crippen LogP contribution < -0.4 is 32.5 Å². The largest absolute Gasteiger partial charge is 0.373 e. The van der Waals surface area contributed by atoms with Gasteiger partial charge in [0.2, 0.25) is 0 Å². The Labute approximate surface area is 456 Å². The van der Waals surface area contributed by atoms with Gasteiger partial charge in [-0.2, -0.15) is 10.5 Å². The van der Waals surface area contributed by atoms with Gasteiger partial charge in [0, 0.05) is 23.2 Å². The van der Waals surface area contributed by atoms with Gasteiger partial charge in [-0.25, -0.2) is 9.97 Å². The zero-order valence-corrected chi connectivity index (χ0v) is 42.8. The Hall–Kier alpha value is -8.87. The number of hydrogen-bond donors (Lipinski definition) is 0. The number of pyridine rings is 2. The van der Waals surface area contributed by atoms with Crippen molar-refractivity contribution >= 4 is 126 Å². The number of halogens is 4. The van der Waals surface area contributed by atoms with Crippen LogP contribution in [0.4, 0.5) is 0 Å². The lowest BCUT2D eigenvalue weighted by Crippen LogP contribution is -2.54. The van der Waals surface area contributed by atoms with Crippen molar-refractivity contribution in [2.45, 2.75) is 0 Å². The summed E-state index contributed by atoms with van der Waals surface area (Å²) >= 11 is 26.4. The van der Waals surface area contributed by atoms with Crippen molar-refractivity contribution in [3.63, 3.8) is 0 Å². The first-order chi connectivity index (χ1) is 37.3. The van der Waals surface area contributed by atoms with E-state index in [1.807, 2.05) is 109 Å². The molecule has 0 aliphatic carbocycles. The van der Waals surface area contributed by atoms with E-state index >= 15 is 0 Å². The van der Waals surface area contributed by atoms with Gasteiger partial charge < -0.3 is 8.96 Å². The molecule has 0 fully saturated rings.